The van der Waals surface area contributed by atoms with E-state index in [2.05, 4.69) is 10.1 Å². The fourth-order valence-electron chi connectivity index (χ4n) is 3.78. The first-order valence-electron chi connectivity index (χ1n) is 11.3. The Bertz CT molecular complexity index is 1550. The van der Waals surface area contributed by atoms with Gasteiger partial charge in [0.1, 0.15) is 0 Å². The van der Waals surface area contributed by atoms with Gasteiger partial charge in [0.15, 0.2) is 10.9 Å². The zero-order valence-corrected chi connectivity index (χ0v) is 20.6. The molecular weight excluding hydrogens is 470 g/mol. The van der Waals surface area contributed by atoms with Crippen molar-refractivity contribution < 1.29 is 4.79 Å². The molecule has 0 atom stereocenters. The number of amides is 1. The number of hydrazone groups is 1. The maximum atomic E-state index is 13.4. The van der Waals surface area contributed by atoms with Gasteiger partial charge in [0, 0.05) is 7.05 Å². The fraction of sp³-hybridized carbons (Fsp3) is 0.0714. The smallest absolute Gasteiger partial charge is 0.283 e. The minimum absolute atomic E-state index is 0.262. The molecule has 0 aliphatic carbocycles. The van der Waals surface area contributed by atoms with Crippen LogP contribution in [0.25, 0.3) is 11.8 Å². The Morgan fingerprint density at radius 3 is 2.03 bits per heavy atom. The van der Waals surface area contributed by atoms with Crippen LogP contribution >= 0.6 is 11.8 Å². The van der Waals surface area contributed by atoms with Gasteiger partial charge in [-0.1, -0.05) is 78.9 Å². The second-order valence-electron chi connectivity index (χ2n) is 8.10. The number of rotatable bonds is 5. The van der Waals surface area contributed by atoms with Crippen LogP contribution in [0, 0.1) is 6.92 Å². The molecule has 1 aliphatic rings. The summed E-state index contributed by atoms with van der Waals surface area (Å²) in [6.45, 7) is 1.83. The summed E-state index contributed by atoms with van der Waals surface area (Å²) in [4.78, 5) is 31.9. The molecule has 178 valence electrons. The summed E-state index contributed by atoms with van der Waals surface area (Å²) < 4.78 is 3.32. The van der Waals surface area contributed by atoms with Crippen molar-refractivity contribution in [1.29, 1.82) is 0 Å². The second-order valence-corrected chi connectivity index (χ2v) is 9.11. The third kappa shape index (κ3) is 4.58. The first kappa shape index (κ1) is 23.3. The number of aromatic nitrogens is 2. The van der Waals surface area contributed by atoms with Crippen molar-refractivity contribution in [1.82, 2.24) is 14.4 Å². The number of carbonyl (C=O) groups is 1. The number of aliphatic imine (C=N–C) groups is 1. The summed E-state index contributed by atoms with van der Waals surface area (Å²) >= 11 is 1.20. The number of benzene rings is 3. The highest BCUT2D eigenvalue weighted by atomic mass is 32.2. The van der Waals surface area contributed by atoms with Gasteiger partial charge in [-0.15, -0.1) is 0 Å². The molecule has 0 N–H and O–H groups in total. The Balaban J connectivity index is 1.60. The lowest BCUT2D eigenvalue weighted by atomic mass is 10.2. The molecule has 0 unspecified atom stereocenters. The highest BCUT2D eigenvalue weighted by Crippen LogP contribution is 2.34. The van der Waals surface area contributed by atoms with Gasteiger partial charge in [0.25, 0.3) is 11.5 Å². The minimum atomic E-state index is -0.299. The number of hydrogen-bond acceptors (Lipinski definition) is 5. The SMILES string of the molecule is Cc1c(N=C2S/C(=C\c3ccccc3)C(=O)N2/N=C\c2ccccc2)c(=O)n(-c2ccccc2)n1C. The number of carbonyl (C=O) groups excluding carboxylic acids is 1. The maximum Gasteiger partial charge on any atom is 0.297 e. The molecule has 1 aromatic heterocycles. The molecule has 0 saturated carbocycles. The summed E-state index contributed by atoms with van der Waals surface area (Å²) in [5.41, 5.74) is 3.14. The molecule has 5 rings (SSSR count). The van der Waals surface area contributed by atoms with Gasteiger partial charge in [-0.2, -0.15) is 10.1 Å². The summed E-state index contributed by atoms with van der Waals surface area (Å²) in [5.74, 6) is -0.299. The van der Waals surface area contributed by atoms with E-state index in [1.54, 1.807) is 21.7 Å². The Labute approximate surface area is 212 Å². The lowest BCUT2D eigenvalue weighted by Gasteiger charge is -2.08. The van der Waals surface area contributed by atoms with Crippen LogP contribution < -0.4 is 5.56 Å². The van der Waals surface area contributed by atoms with Crippen LogP contribution in [-0.2, 0) is 11.8 Å². The Morgan fingerprint density at radius 1 is 0.806 bits per heavy atom. The summed E-state index contributed by atoms with van der Waals surface area (Å²) in [5, 5.41) is 6.02. The van der Waals surface area contributed by atoms with E-state index >= 15 is 0 Å². The Kier molecular flexibility index (Phi) is 6.51. The highest BCUT2D eigenvalue weighted by molar-refractivity contribution is 8.18. The van der Waals surface area contributed by atoms with Crippen molar-refractivity contribution >= 4 is 40.8 Å². The van der Waals surface area contributed by atoms with E-state index in [1.807, 2.05) is 105 Å². The van der Waals surface area contributed by atoms with Crippen LogP contribution in [0.2, 0.25) is 0 Å². The van der Waals surface area contributed by atoms with Crippen LogP contribution in [-0.4, -0.2) is 31.7 Å². The van der Waals surface area contributed by atoms with Crippen LogP contribution in [0.1, 0.15) is 16.8 Å². The van der Waals surface area contributed by atoms with E-state index in [4.69, 9.17) is 0 Å². The molecule has 36 heavy (non-hydrogen) atoms. The number of amidine groups is 1. The molecular formula is C28H23N5O2S. The van der Waals surface area contributed by atoms with Crippen molar-refractivity contribution in [3.05, 3.63) is 123 Å². The van der Waals surface area contributed by atoms with Gasteiger partial charge in [-0.05, 0) is 48.0 Å². The molecule has 3 aromatic carbocycles. The third-order valence-corrected chi connectivity index (χ3v) is 6.70. The van der Waals surface area contributed by atoms with Gasteiger partial charge in [0.2, 0.25) is 0 Å². The molecule has 0 bridgehead atoms. The predicted octanol–water partition coefficient (Wildman–Crippen LogP) is 5.12. The topological polar surface area (TPSA) is 72.0 Å². The van der Waals surface area contributed by atoms with Crippen LogP contribution in [0.5, 0.6) is 0 Å². The zero-order chi connectivity index (χ0) is 25.1. The zero-order valence-electron chi connectivity index (χ0n) is 19.8. The maximum absolute atomic E-state index is 13.4. The first-order chi connectivity index (χ1) is 17.5. The molecule has 8 heteroatoms. The largest absolute Gasteiger partial charge is 0.297 e. The quantitative estimate of drug-likeness (QED) is 0.286. The molecule has 4 aromatic rings. The van der Waals surface area contributed by atoms with Crippen molar-refractivity contribution in [2.24, 2.45) is 17.1 Å². The van der Waals surface area contributed by atoms with E-state index in [1.165, 1.54) is 16.8 Å². The molecule has 1 saturated heterocycles. The van der Waals surface area contributed by atoms with Crippen LogP contribution in [0.4, 0.5) is 5.69 Å². The Hall–Kier alpha value is -4.43. The molecule has 0 spiro atoms. The first-order valence-corrected chi connectivity index (χ1v) is 12.2. The second kappa shape index (κ2) is 10.1. The van der Waals surface area contributed by atoms with E-state index in [0.29, 0.717) is 15.8 Å². The fourth-order valence-corrected chi connectivity index (χ4v) is 4.70. The van der Waals surface area contributed by atoms with Crippen molar-refractivity contribution in [3.63, 3.8) is 0 Å². The average molecular weight is 494 g/mol. The number of nitrogens with zero attached hydrogens (tertiary/aromatic N) is 5. The predicted molar refractivity (Wildman–Crippen MR) is 146 cm³/mol. The molecule has 2 heterocycles. The standard InChI is InChI=1S/C28H23N5O2S/c1-20-25(27(35)33(31(20)2)23-16-10-5-11-17-23)30-28-32(29-19-22-14-8-4-9-15-22)26(34)24(36-28)18-21-12-6-3-7-13-21/h3-19H,1-2H3/b24-18-,29-19-,30-28?. The number of para-hydroxylation sites is 1. The lowest BCUT2D eigenvalue weighted by molar-refractivity contribution is -0.122. The summed E-state index contributed by atoms with van der Waals surface area (Å²) in [7, 11) is 1.81. The monoisotopic (exact) mass is 493 g/mol. The summed E-state index contributed by atoms with van der Waals surface area (Å²) in [6.07, 6.45) is 3.42. The average Bonchev–Trinajstić information content (AvgIpc) is 3.31. The van der Waals surface area contributed by atoms with Gasteiger partial charge >= 0.3 is 0 Å². The summed E-state index contributed by atoms with van der Waals surface area (Å²) in [6, 6.07) is 28.5. The van der Waals surface area contributed by atoms with E-state index < -0.39 is 0 Å². The molecule has 1 aliphatic heterocycles. The van der Waals surface area contributed by atoms with Gasteiger partial charge < -0.3 is 0 Å². The van der Waals surface area contributed by atoms with Crippen molar-refractivity contribution in [2.45, 2.75) is 6.92 Å². The Morgan fingerprint density at radius 2 is 1.39 bits per heavy atom. The molecule has 7 nitrogen and oxygen atoms in total. The lowest BCUT2D eigenvalue weighted by Crippen LogP contribution is -2.24. The van der Waals surface area contributed by atoms with Crippen molar-refractivity contribution in [2.75, 3.05) is 0 Å². The molecule has 1 fully saturated rings. The van der Waals surface area contributed by atoms with E-state index in [9.17, 15) is 9.59 Å². The number of thioether (sulfide) groups is 1. The normalized spacial score (nSPS) is 16.1. The van der Waals surface area contributed by atoms with Crippen LogP contribution in [0.15, 0.2) is 111 Å². The van der Waals surface area contributed by atoms with Gasteiger partial charge in [-0.3, -0.25) is 14.3 Å². The van der Waals surface area contributed by atoms with Gasteiger partial charge in [-0.25, -0.2) is 9.67 Å². The van der Waals surface area contributed by atoms with Crippen LogP contribution in [0.3, 0.4) is 0 Å². The van der Waals surface area contributed by atoms with E-state index in [0.717, 1.165) is 16.8 Å². The van der Waals surface area contributed by atoms with Crippen molar-refractivity contribution in [3.8, 4) is 5.69 Å². The number of hydrogen-bond donors (Lipinski definition) is 0. The third-order valence-electron chi connectivity index (χ3n) is 5.74. The van der Waals surface area contributed by atoms with Gasteiger partial charge in [0.05, 0.1) is 22.5 Å². The molecule has 1 amide bonds. The molecule has 0 radical (unpaired) electrons. The van der Waals surface area contributed by atoms with E-state index in [-0.39, 0.29) is 17.2 Å². The highest BCUT2D eigenvalue weighted by Gasteiger charge is 2.34. The minimum Gasteiger partial charge on any atom is -0.283 e.